The third-order valence-corrected chi connectivity index (χ3v) is 8.09. The first-order valence-electron chi connectivity index (χ1n) is 13.4. The molecule has 0 saturated carbocycles. The maximum absolute atomic E-state index is 13.9. The predicted molar refractivity (Wildman–Crippen MR) is 162 cm³/mol. The lowest BCUT2D eigenvalue weighted by atomic mass is 9.92. The lowest BCUT2D eigenvalue weighted by molar-refractivity contribution is -0.113. The summed E-state index contributed by atoms with van der Waals surface area (Å²) >= 11 is 1.59. The van der Waals surface area contributed by atoms with E-state index in [0.717, 1.165) is 17.0 Å². The Hall–Kier alpha value is -4.04. The summed E-state index contributed by atoms with van der Waals surface area (Å²) in [5.74, 6) is 2.16. The molecule has 5 rings (SSSR count). The second-order valence-corrected chi connectivity index (χ2v) is 11.4. The first kappa shape index (κ1) is 27.5. The molecule has 1 atom stereocenters. The van der Waals surface area contributed by atoms with Gasteiger partial charge < -0.3 is 15.4 Å². The van der Waals surface area contributed by atoms with Crippen LogP contribution in [-0.4, -0.2) is 27.8 Å². The van der Waals surface area contributed by atoms with Crippen molar-refractivity contribution in [2.24, 2.45) is 0 Å². The van der Waals surface area contributed by atoms with E-state index in [1.165, 1.54) is 22.3 Å². The van der Waals surface area contributed by atoms with Crippen LogP contribution in [0, 0.1) is 13.8 Å². The number of allylic oxidation sites excluding steroid dienone is 1. The number of fused-ring (bicyclic) bond motifs is 1. The summed E-state index contributed by atoms with van der Waals surface area (Å²) < 4.78 is 7.30. The summed E-state index contributed by atoms with van der Waals surface area (Å²) in [4.78, 5) is 18.7. The van der Waals surface area contributed by atoms with E-state index in [1.807, 2.05) is 35.9 Å². The van der Waals surface area contributed by atoms with Crippen molar-refractivity contribution in [1.29, 1.82) is 0 Å². The van der Waals surface area contributed by atoms with Crippen LogP contribution in [0.2, 0.25) is 0 Å². The maximum atomic E-state index is 13.9. The van der Waals surface area contributed by atoms with Crippen molar-refractivity contribution in [2.45, 2.75) is 57.5 Å². The number of ether oxygens (including phenoxy) is 1. The molecule has 3 aromatic carbocycles. The van der Waals surface area contributed by atoms with Gasteiger partial charge in [-0.25, -0.2) is 4.68 Å². The number of carbonyl (C=O) groups excluding carboxylic acids is 1. The summed E-state index contributed by atoms with van der Waals surface area (Å²) in [6.07, 6.45) is 0. The van der Waals surface area contributed by atoms with Crippen molar-refractivity contribution in [3.8, 4) is 5.75 Å². The molecule has 1 aliphatic heterocycles. The third-order valence-electron chi connectivity index (χ3n) is 7.21. The Labute approximate surface area is 240 Å². The molecule has 2 N–H and O–H groups in total. The maximum Gasteiger partial charge on any atom is 0.255 e. The number of methoxy groups -OCH3 is 1. The standard InChI is InChI=1S/C32H35N5O2S/c1-19(2)23-13-15-24(16-14-23)29-28(30(38)34-26-9-7-8-10-27(26)39-6)22(5)33-31-35-32(36-37(29)31)40-18-25-12-11-20(3)17-21(25)4/h7-17,19,29H,18H2,1-6H3,(H,34,38)(H,33,35,36)/t29-/m1/s1. The van der Waals surface area contributed by atoms with Gasteiger partial charge in [-0.05, 0) is 61.1 Å². The smallest absolute Gasteiger partial charge is 0.255 e. The van der Waals surface area contributed by atoms with Crippen molar-refractivity contribution in [3.63, 3.8) is 0 Å². The average Bonchev–Trinajstić information content (AvgIpc) is 3.34. The summed E-state index contributed by atoms with van der Waals surface area (Å²) in [6, 6.07) is 21.9. The van der Waals surface area contributed by atoms with Crippen LogP contribution in [0.15, 0.2) is 83.2 Å². The van der Waals surface area contributed by atoms with Gasteiger partial charge in [0.1, 0.15) is 11.8 Å². The fourth-order valence-electron chi connectivity index (χ4n) is 4.95. The van der Waals surface area contributed by atoms with E-state index in [0.29, 0.717) is 34.0 Å². The topological polar surface area (TPSA) is 81.1 Å². The van der Waals surface area contributed by atoms with Gasteiger partial charge in [0.2, 0.25) is 11.1 Å². The summed E-state index contributed by atoms with van der Waals surface area (Å²) in [5.41, 5.74) is 7.88. The van der Waals surface area contributed by atoms with Crippen LogP contribution in [0.1, 0.15) is 60.5 Å². The number of para-hydroxylation sites is 2. The van der Waals surface area contributed by atoms with Crippen molar-refractivity contribution in [2.75, 3.05) is 17.7 Å². The highest BCUT2D eigenvalue weighted by Gasteiger charge is 2.34. The Morgan fingerprint density at radius 1 is 1.07 bits per heavy atom. The summed E-state index contributed by atoms with van der Waals surface area (Å²) in [7, 11) is 1.59. The molecule has 4 aromatic rings. The van der Waals surface area contributed by atoms with Crippen molar-refractivity contribution < 1.29 is 9.53 Å². The molecule has 7 nitrogen and oxygen atoms in total. The van der Waals surface area contributed by atoms with Crippen LogP contribution in [-0.2, 0) is 10.5 Å². The molecule has 0 radical (unpaired) electrons. The predicted octanol–water partition coefficient (Wildman–Crippen LogP) is 7.25. The second-order valence-electron chi connectivity index (χ2n) is 10.4. The van der Waals surface area contributed by atoms with Gasteiger partial charge in [-0.2, -0.15) is 4.98 Å². The van der Waals surface area contributed by atoms with E-state index in [-0.39, 0.29) is 5.91 Å². The second kappa shape index (κ2) is 11.6. The number of nitrogens with zero attached hydrogens (tertiary/aromatic N) is 3. The third kappa shape index (κ3) is 5.63. The number of aryl methyl sites for hydroxylation is 2. The zero-order valence-corrected chi connectivity index (χ0v) is 24.6. The number of hydrogen-bond donors (Lipinski definition) is 2. The highest BCUT2D eigenvalue weighted by molar-refractivity contribution is 7.98. The van der Waals surface area contributed by atoms with E-state index >= 15 is 0 Å². The Morgan fingerprint density at radius 2 is 1.82 bits per heavy atom. The van der Waals surface area contributed by atoms with E-state index in [2.05, 4.69) is 80.8 Å². The molecule has 0 spiro atoms. The quantitative estimate of drug-likeness (QED) is 0.224. The van der Waals surface area contributed by atoms with Crippen molar-refractivity contribution in [1.82, 2.24) is 14.8 Å². The SMILES string of the molecule is COc1ccccc1NC(=O)C1=C(C)Nc2nc(SCc3ccc(C)cc3C)nn2[C@@H]1c1ccc(C(C)C)cc1. The molecule has 206 valence electrons. The molecule has 1 amide bonds. The van der Waals surface area contributed by atoms with Gasteiger partial charge in [-0.3, -0.25) is 4.79 Å². The van der Waals surface area contributed by atoms with E-state index in [4.69, 9.17) is 14.8 Å². The van der Waals surface area contributed by atoms with Crippen LogP contribution in [0.5, 0.6) is 5.75 Å². The number of benzene rings is 3. The number of nitrogens with one attached hydrogen (secondary N) is 2. The molecule has 2 heterocycles. The van der Waals surface area contributed by atoms with Gasteiger partial charge in [0.05, 0.1) is 18.4 Å². The molecule has 0 aliphatic carbocycles. The minimum Gasteiger partial charge on any atom is -0.495 e. The molecule has 0 bridgehead atoms. The van der Waals surface area contributed by atoms with Gasteiger partial charge >= 0.3 is 0 Å². The minimum atomic E-state index is -0.449. The first-order chi connectivity index (χ1) is 19.2. The van der Waals surface area contributed by atoms with Gasteiger partial charge in [0.25, 0.3) is 5.91 Å². The van der Waals surface area contributed by atoms with Crippen LogP contribution < -0.4 is 15.4 Å². The van der Waals surface area contributed by atoms with Gasteiger partial charge in [0, 0.05) is 11.4 Å². The Bertz CT molecular complexity index is 1570. The molecule has 1 aliphatic rings. The largest absolute Gasteiger partial charge is 0.495 e. The van der Waals surface area contributed by atoms with Crippen LogP contribution in [0.25, 0.3) is 0 Å². The number of anilines is 2. The average molecular weight is 554 g/mol. The molecule has 0 fully saturated rings. The van der Waals surface area contributed by atoms with Crippen LogP contribution in [0.3, 0.4) is 0 Å². The van der Waals surface area contributed by atoms with Crippen molar-refractivity contribution >= 4 is 29.3 Å². The number of aromatic nitrogens is 3. The number of rotatable bonds is 8. The van der Waals surface area contributed by atoms with Gasteiger partial charge in [-0.1, -0.05) is 85.8 Å². The summed E-state index contributed by atoms with van der Waals surface area (Å²) in [5, 5.41) is 12.0. The number of amides is 1. The number of hydrogen-bond acceptors (Lipinski definition) is 6. The Morgan fingerprint density at radius 3 is 2.52 bits per heavy atom. The summed E-state index contributed by atoms with van der Waals surface area (Å²) in [6.45, 7) is 10.5. The molecular weight excluding hydrogens is 518 g/mol. The van der Waals surface area contributed by atoms with Gasteiger partial charge in [-0.15, -0.1) is 5.10 Å². The van der Waals surface area contributed by atoms with E-state index < -0.39 is 6.04 Å². The Balaban J connectivity index is 1.50. The lowest BCUT2D eigenvalue weighted by Gasteiger charge is -2.29. The molecule has 0 saturated heterocycles. The molecule has 40 heavy (non-hydrogen) atoms. The Kier molecular flexibility index (Phi) is 7.98. The van der Waals surface area contributed by atoms with E-state index in [9.17, 15) is 4.79 Å². The molecule has 1 aromatic heterocycles. The van der Waals surface area contributed by atoms with Gasteiger partial charge in [0.15, 0.2) is 0 Å². The van der Waals surface area contributed by atoms with Crippen molar-refractivity contribution in [3.05, 3.63) is 106 Å². The highest BCUT2D eigenvalue weighted by atomic mass is 32.2. The fraction of sp³-hybridized carbons (Fsp3) is 0.281. The first-order valence-corrected chi connectivity index (χ1v) is 14.4. The highest BCUT2D eigenvalue weighted by Crippen LogP contribution is 2.38. The number of carbonyl (C=O) groups is 1. The monoisotopic (exact) mass is 553 g/mol. The van der Waals surface area contributed by atoms with E-state index in [1.54, 1.807) is 18.9 Å². The minimum absolute atomic E-state index is 0.224. The zero-order chi connectivity index (χ0) is 28.4. The molecule has 8 heteroatoms. The normalized spacial score (nSPS) is 14.6. The number of thioether (sulfide) groups is 1. The fourth-order valence-corrected chi connectivity index (χ4v) is 5.85. The van der Waals surface area contributed by atoms with Crippen LogP contribution in [0.4, 0.5) is 11.6 Å². The molecular formula is C32H35N5O2S. The molecule has 0 unspecified atom stereocenters. The zero-order valence-electron chi connectivity index (χ0n) is 23.8. The lowest BCUT2D eigenvalue weighted by Crippen LogP contribution is -2.31. The van der Waals surface area contributed by atoms with Crippen LogP contribution >= 0.6 is 11.8 Å².